The Morgan fingerprint density at radius 1 is 1.45 bits per heavy atom. The maximum atomic E-state index is 12.4. The summed E-state index contributed by atoms with van der Waals surface area (Å²) in [5.74, 6) is 1.44. The van der Waals surface area contributed by atoms with E-state index >= 15 is 0 Å². The van der Waals surface area contributed by atoms with Crippen molar-refractivity contribution in [3.8, 4) is 5.75 Å². The number of hydrogen-bond donors (Lipinski definition) is 1. The van der Waals surface area contributed by atoms with Crippen molar-refractivity contribution < 1.29 is 9.53 Å². The van der Waals surface area contributed by atoms with E-state index in [4.69, 9.17) is 4.74 Å². The summed E-state index contributed by atoms with van der Waals surface area (Å²) < 4.78 is 5.96. The van der Waals surface area contributed by atoms with Gasteiger partial charge in [-0.15, -0.1) is 0 Å². The summed E-state index contributed by atoms with van der Waals surface area (Å²) in [6.45, 7) is 7.40. The molecule has 122 valence electrons. The molecule has 1 aliphatic rings. The quantitative estimate of drug-likeness (QED) is 0.866. The van der Waals surface area contributed by atoms with E-state index in [0.717, 1.165) is 23.5 Å². The van der Waals surface area contributed by atoms with E-state index in [-0.39, 0.29) is 5.91 Å². The number of methoxy groups -OCH3 is 1. The molecule has 2 rings (SSSR count). The van der Waals surface area contributed by atoms with Crippen LogP contribution in [0.5, 0.6) is 5.75 Å². The Morgan fingerprint density at radius 3 is 2.77 bits per heavy atom. The minimum atomic E-state index is -0.0667. The number of benzene rings is 1. The van der Waals surface area contributed by atoms with Crippen molar-refractivity contribution in [1.82, 2.24) is 10.2 Å². The Kier molecular flexibility index (Phi) is 6.26. The van der Waals surface area contributed by atoms with Gasteiger partial charge in [0.15, 0.2) is 0 Å². The van der Waals surface area contributed by atoms with Gasteiger partial charge in [0.25, 0.3) is 5.91 Å². The van der Waals surface area contributed by atoms with Crippen molar-refractivity contribution in [2.24, 2.45) is 5.92 Å². The van der Waals surface area contributed by atoms with Crippen LogP contribution in [0.4, 0.5) is 0 Å². The van der Waals surface area contributed by atoms with Gasteiger partial charge >= 0.3 is 0 Å². The number of hydrogen-bond acceptors (Lipinski definition) is 3. The number of ether oxygens (including phenoxy) is 1. The molecule has 4 nitrogen and oxygen atoms in total. The highest BCUT2D eigenvalue weighted by molar-refractivity contribution is 9.10. The predicted octanol–water partition coefficient (Wildman–Crippen LogP) is 3.31. The molecular formula is C17H25BrN2O2. The van der Waals surface area contributed by atoms with Crippen molar-refractivity contribution in [2.45, 2.75) is 32.7 Å². The lowest BCUT2D eigenvalue weighted by Crippen LogP contribution is -2.45. The largest absolute Gasteiger partial charge is 0.497 e. The van der Waals surface area contributed by atoms with Gasteiger partial charge in [0.2, 0.25) is 0 Å². The molecule has 0 spiro atoms. The molecule has 0 bridgehead atoms. The zero-order valence-electron chi connectivity index (χ0n) is 13.6. The van der Waals surface area contributed by atoms with Crippen LogP contribution in [0.1, 0.15) is 37.0 Å². The highest BCUT2D eigenvalue weighted by atomic mass is 79.9. The third kappa shape index (κ3) is 4.46. The normalized spacial score (nSPS) is 18.0. The van der Waals surface area contributed by atoms with E-state index in [0.29, 0.717) is 23.9 Å². The molecule has 1 aliphatic heterocycles. The van der Waals surface area contributed by atoms with E-state index in [1.807, 2.05) is 12.1 Å². The van der Waals surface area contributed by atoms with Gasteiger partial charge in [0, 0.05) is 17.1 Å². The molecule has 22 heavy (non-hydrogen) atoms. The fraction of sp³-hybridized carbons (Fsp3) is 0.588. The zero-order valence-corrected chi connectivity index (χ0v) is 15.1. The number of carbonyl (C=O) groups is 1. The van der Waals surface area contributed by atoms with E-state index in [2.05, 4.69) is 40.0 Å². The molecule has 1 saturated heterocycles. The number of rotatable bonds is 5. The maximum absolute atomic E-state index is 12.4. The second-order valence-corrected chi connectivity index (χ2v) is 6.98. The molecule has 0 radical (unpaired) electrons. The lowest BCUT2D eigenvalue weighted by atomic mass is 9.98. The van der Waals surface area contributed by atoms with Crippen LogP contribution in [0.25, 0.3) is 0 Å². The molecule has 1 atom stereocenters. The van der Waals surface area contributed by atoms with Gasteiger partial charge in [-0.3, -0.25) is 9.69 Å². The van der Waals surface area contributed by atoms with Crippen LogP contribution in [0.15, 0.2) is 22.7 Å². The molecule has 1 heterocycles. The summed E-state index contributed by atoms with van der Waals surface area (Å²) in [7, 11) is 1.60. The van der Waals surface area contributed by atoms with Gasteiger partial charge in [0.1, 0.15) is 5.75 Å². The van der Waals surface area contributed by atoms with Crippen LogP contribution in [0, 0.1) is 5.92 Å². The van der Waals surface area contributed by atoms with Crippen LogP contribution in [-0.2, 0) is 0 Å². The summed E-state index contributed by atoms with van der Waals surface area (Å²) in [5, 5.41) is 3.03. The Hall–Kier alpha value is -1.07. The molecule has 0 aromatic heterocycles. The fourth-order valence-electron chi connectivity index (χ4n) is 2.74. The number of amides is 1. The Labute approximate surface area is 141 Å². The SMILES string of the molecule is COc1ccc(Br)c(C(=O)NCC(C)N2CCC(C)CC2)c1. The smallest absolute Gasteiger partial charge is 0.252 e. The number of nitrogens with zero attached hydrogens (tertiary/aromatic N) is 1. The minimum Gasteiger partial charge on any atom is -0.497 e. The highest BCUT2D eigenvalue weighted by Gasteiger charge is 2.21. The van der Waals surface area contributed by atoms with Crippen molar-refractivity contribution in [3.05, 3.63) is 28.2 Å². The molecule has 1 N–H and O–H groups in total. The molecular weight excluding hydrogens is 344 g/mol. The summed E-state index contributed by atoms with van der Waals surface area (Å²) in [5.41, 5.74) is 0.610. The topological polar surface area (TPSA) is 41.6 Å². The van der Waals surface area contributed by atoms with Crippen LogP contribution >= 0.6 is 15.9 Å². The molecule has 0 saturated carbocycles. The standard InChI is InChI=1S/C17H25BrN2O2/c1-12-6-8-20(9-7-12)13(2)11-19-17(21)15-10-14(22-3)4-5-16(15)18/h4-5,10,12-13H,6-9,11H2,1-3H3,(H,19,21). The van der Waals surface area contributed by atoms with E-state index in [1.54, 1.807) is 13.2 Å². The van der Waals surface area contributed by atoms with Gasteiger partial charge in [-0.05, 0) is 72.9 Å². The van der Waals surface area contributed by atoms with E-state index in [9.17, 15) is 4.79 Å². The van der Waals surface area contributed by atoms with Gasteiger partial charge in [0.05, 0.1) is 12.7 Å². The minimum absolute atomic E-state index is 0.0667. The second kappa shape index (κ2) is 7.97. The van der Waals surface area contributed by atoms with E-state index in [1.165, 1.54) is 12.8 Å². The average molecular weight is 369 g/mol. The zero-order chi connectivity index (χ0) is 16.1. The Bertz CT molecular complexity index is 513. The predicted molar refractivity (Wildman–Crippen MR) is 92.5 cm³/mol. The molecule has 5 heteroatoms. The van der Waals surface area contributed by atoms with Crippen molar-refractivity contribution in [1.29, 1.82) is 0 Å². The first-order valence-electron chi connectivity index (χ1n) is 7.87. The molecule has 1 amide bonds. The molecule has 1 aromatic carbocycles. The Balaban J connectivity index is 1.89. The average Bonchev–Trinajstić information content (AvgIpc) is 2.53. The van der Waals surface area contributed by atoms with Crippen molar-refractivity contribution in [2.75, 3.05) is 26.7 Å². The second-order valence-electron chi connectivity index (χ2n) is 6.12. The number of piperidine rings is 1. The van der Waals surface area contributed by atoms with Gasteiger partial charge in [-0.1, -0.05) is 6.92 Å². The van der Waals surface area contributed by atoms with Crippen LogP contribution in [0.2, 0.25) is 0 Å². The number of likely N-dealkylation sites (tertiary alicyclic amines) is 1. The lowest BCUT2D eigenvalue weighted by Gasteiger charge is -2.35. The van der Waals surface area contributed by atoms with Crippen LogP contribution < -0.4 is 10.1 Å². The first kappa shape index (κ1) is 17.3. The van der Waals surface area contributed by atoms with Crippen LogP contribution in [0.3, 0.4) is 0 Å². The number of nitrogens with one attached hydrogen (secondary N) is 1. The molecule has 1 unspecified atom stereocenters. The highest BCUT2D eigenvalue weighted by Crippen LogP contribution is 2.22. The summed E-state index contributed by atoms with van der Waals surface area (Å²) in [4.78, 5) is 14.8. The van der Waals surface area contributed by atoms with Crippen molar-refractivity contribution in [3.63, 3.8) is 0 Å². The number of carbonyl (C=O) groups excluding carboxylic acids is 1. The Morgan fingerprint density at radius 2 is 2.14 bits per heavy atom. The first-order valence-corrected chi connectivity index (χ1v) is 8.66. The summed E-state index contributed by atoms with van der Waals surface area (Å²) >= 11 is 3.42. The van der Waals surface area contributed by atoms with Gasteiger partial charge < -0.3 is 10.1 Å². The van der Waals surface area contributed by atoms with E-state index < -0.39 is 0 Å². The third-order valence-electron chi connectivity index (χ3n) is 4.42. The molecule has 1 fully saturated rings. The van der Waals surface area contributed by atoms with Gasteiger partial charge in [-0.2, -0.15) is 0 Å². The monoisotopic (exact) mass is 368 g/mol. The third-order valence-corrected chi connectivity index (χ3v) is 5.11. The maximum Gasteiger partial charge on any atom is 0.252 e. The fourth-order valence-corrected chi connectivity index (χ4v) is 3.17. The summed E-state index contributed by atoms with van der Waals surface area (Å²) in [6.07, 6.45) is 2.50. The molecule has 1 aromatic rings. The van der Waals surface area contributed by atoms with Crippen molar-refractivity contribution >= 4 is 21.8 Å². The lowest BCUT2D eigenvalue weighted by molar-refractivity contribution is 0.0920. The first-order chi connectivity index (χ1) is 10.5. The summed E-state index contributed by atoms with van der Waals surface area (Å²) in [6, 6.07) is 5.79. The molecule has 0 aliphatic carbocycles. The number of halogens is 1. The van der Waals surface area contributed by atoms with Gasteiger partial charge in [-0.25, -0.2) is 0 Å². The van der Waals surface area contributed by atoms with Crippen LogP contribution in [-0.4, -0.2) is 43.6 Å².